The maximum Gasteiger partial charge on any atom is 0.342 e. The lowest BCUT2D eigenvalue weighted by Crippen LogP contribution is -2.21. The molecular weight excluding hydrogens is 536 g/mol. The largest absolute Gasteiger partial charge is 0.462 e. The van der Waals surface area contributed by atoms with Crippen LogP contribution in [0.2, 0.25) is 5.02 Å². The summed E-state index contributed by atoms with van der Waals surface area (Å²) in [5.74, 6) is 0.204. The van der Waals surface area contributed by atoms with E-state index < -0.39 is 12.0 Å². The van der Waals surface area contributed by atoms with Crippen molar-refractivity contribution in [3.8, 4) is 21.7 Å². The molecule has 5 aromatic rings. The average Bonchev–Trinajstić information content (AvgIpc) is 3.56. The van der Waals surface area contributed by atoms with Crippen molar-refractivity contribution in [1.29, 1.82) is 0 Å². The number of anilines is 4. The van der Waals surface area contributed by atoms with Gasteiger partial charge in [-0.3, -0.25) is 5.32 Å². The Labute approximate surface area is 233 Å². The molecule has 3 heterocycles. The number of amides is 2. The number of nitrogens with zero attached hydrogens (tertiary/aromatic N) is 2. The van der Waals surface area contributed by atoms with E-state index in [1.54, 1.807) is 49.5 Å². The van der Waals surface area contributed by atoms with Crippen molar-refractivity contribution in [1.82, 2.24) is 15.2 Å². The first-order valence-corrected chi connectivity index (χ1v) is 13.2. The molecule has 0 aliphatic carbocycles. The first-order valence-electron chi connectivity index (χ1n) is 12.0. The summed E-state index contributed by atoms with van der Waals surface area (Å²) < 4.78 is 5.31. The molecule has 11 heteroatoms. The van der Waals surface area contributed by atoms with E-state index in [4.69, 9.17) is 16.3 Å². The SMILES string of the molecule is CCOC(=O)c1c(-c2sccc2Cl)c[nH]c1Nc1ccccc1NC(=O)Nc1ccc(-c2ccccc2)nn1. The Balaban J connectivity index is 1.34. The molecule has 0 aliphatic heterocycles. The van der Waals surface area contributed by atoms with Crippen LogP contribution in [0.1, 0.15) is 17.3 Å². The Bertz CT molecular complexity index is 1600. The number of hydrogen-bond donors (Lipinski definition) is 4. The van der Waals surface area contributed by atoms with E-state index in [1.165, 1.54) is 11.3 Å². The minimum absolute atomic E-state index is 0.217. The van der Waals surface area contributed by atoms with Crippen LogP contribution in [0.4, 0.5) is 27.8 Å². The van der Waals surface area contributed by atoms with Gasteiger partial charge in [0.25, 0.3) is 0 Å². The van der Waals surface area contributed by atoms with Crippen molar-refractivity contribution in [2.24, 2.45) is 0 Å². The number of aromatic nitrogens is 3. The third-order valence-corrected chi connectivity index (χ3v) is 7.01. The second-order valence-corrected chi connectivity index (χ2v) is 9.51. The molecule has 4 N–H and O–H groups in total. The molecular formula is C28H23ClN6O3S. The number of halogens is 1. The third kappa shape index (κ3) is 5.92. The first kappa shape index (κ1) is 26.0. The van der Waals surface area contributed by atoms with E-state index in [1.807, 2.05) is 41.8 Å². The fraction of sp³-hybridized carbons (Fsp3) is 0.0714. The van der Waals surface area contributed by atoms with E-state index in [9.17, 15) is 9.59 Å². The van der Waals surface area contributed by atoms with Crippen LogP contribution in [-0.4, -0.2) is 33.8 Å². The topological polar surface area (TPSA) is 121 Å². The van der Waals surface area contributed by atoms with Crippen molar-refractivity contribution in [3.05, 3.63) is 95.0 Å². The van der Waals surface area contributed by atoms with E-state index in [-0.39, 0.29) is 6.61 Å². The van der Waals surface area contributed by atoms with Crippen LogP contribution < -0.4 is 16.0 Å². The van der Waals surface area contributed by atoms with E-state index >= 15 is 0 Å². The van der Waals surface area contributed by atoms with Gasteiger partial charge in [-0.1, -0.05) is 54.1 Å². The first-order chi connectivity index (χ1) is 19.0. The van der Waals surface area contributed by atoms with Crippen LogP contribution in [0.5, 0.6) is 0 Å². The van der Waals surface area contributed by atoms with Gasteiger partial charge >= 0.3 is 12.0 Å². The number of thiophene rings is 1. The minimum atomic E-state index is -0.505. The number of nitrogens with one attached hydrogen (secondary N) is 4. The number of carbonyl (C=O) groups excluding carboxylic acids is 2. The van der Waals surface area contributed by atoms with Gasteiger partial charge in [0.15, 0.2) is 5.82 Å². The summed E-state index contributed by atoms with van der Waals surface area (Å²) in [6, 6.07) is 21.5. The van der Waals surface area contributed by atoms with Gasteiger partial charge in [0.1, 0.15) is 11.4 Å². The summed E-state index contributed by atoms with van der Waals surface area (Å²) in [7, 11) is 0. The summed E-state index contributed by atoms with van der Waals surface area (Å²) in [5, 5.41) is 19.4. The zero-order chi connectivity index (χ0) is 27.2. The van der Waals surface area contributed by atoms with Crippen molar-refractivity contribution in [2.45, 2.75) is 6.92 Å². The fourth-order valence-electron chi connectivity index (χ4n) is 3.87. The van der Waals surface area contributed by atoms with Gasteiger partial charge in [-0.15, -0.1) is 21.5 Å². The summed E-state index contributed by atoms with van der Waals surface area (Å²) in [4.78, 5) is 29.5. The van der Waals surface area contributed by atoms with E-state index in [0.29, 0.717) is 44.9 Å². The highest BCUT2D eigenvalue weighted by Gasteiger charge is 2.24. The molecule has 0 spiro atoms. The predicted octanol–water partition coefficient (Wildman–Crippen LogP) is 7.42. The number of urea groups is 1. The highest BCUT2D eigenvalue weighted by Crippen LogP contribution is 2.39. The minimum Gasteiger partial charge on any atom is -0.462 e. The van der Waals surface area contributed by atoms with Crippen LogP contribution in [-0.2, 0) is 4.74 Å². The van der Waals surface area contributed by atoms with Gasteiger partial charge in [-0.2, -0.15) is 0 Å². The highest BCUT2D eigenvalue weighted by atomic mass is 35.5. The number of H-pyrrole nitrogens is 1. The lowest BCUT2D eigenvalue weighted by atomic mass is 10.1. The third-order valence-electron chi connectivity index (χ3n) is 5.63. The van der Waals surface area contributed by atoms with Crippen LogP contribution >= 0.6 is 22.9 Å². The number of aromatic amines is 1. The number of carbonyl (C=O) groups is 2. The molecule has 0 saturated carbocycles. The lowest BCUT2D eigenvalue weighted by molar-refractivity contribution is 0.0528. The summed E-state index contributed by atoms with van der Waals surface area (Å²) >= 11 is 7.77. The quantitative estimate of drug-likeness (QED) is 0.147. The second kappa shape index (κ2) is 11.8. The Hall–Kier alpha value is -4.67. The van der Waals surface area contributed by atoms with Crippen molar-refractivity contribution >= 4 is 57.9 Å². The fourth-order valence-corrected chi connectivity index (χ4v) is 5.05. The second-order valence-electron chi connectivity index (χ2n) is 8.19. The number of para-hydroxylation sites is 2. The molecule has 9 nitrogen and oxygen atoms in total. The number of rotatable bonds is 8. The summed E-state index contributed by atoms with van der Waals surface area (Å²) in [6.07, 6.45) is 1.70. The average molecular weight is 559 g/mol. The lowest BCUT2D eigenvalue weighted by Gasteiger charge is -2.14. The number of benzene rings is 2. The molecule has 0 saturated heterocycles. The van der Waals surface area contributed by atoms with Crippen molar-refractivity contribution < 1.29 is 14.3 Å². The Morgan fingerprint density at radius 3 is 2.41 bits per heavy atom. The molecule has 0 radical (unpaired) electrons. The van der Waals surface area contributed by atoms with Crippen LogP contribution in [0.25, 0.3) is 21.7 Å². The molecule has 0 bridgehead atoms. The number of esters is 1. The zero-order valence-electron chi connectivity index (χ0n) is 20.7. The van der Waals surface area contributed by atoms with E-state index in [0.717, 1.165) is 10.4 Å². The summed E-state index contributed by atoms with van der Waals surface area (Å²) in [6.45, 7) is 1.96. The molecule has 3 aromatic heterocycles. The molecule has 39 heavy (non-hydrogen) atoms. The van der Waals surface area contributed by atoms with Crippen molar-refractivity contribution in [3.63, 3.8) is 0 Å². The van der Waals surface area contributed by atoms with Crippen LogP contribution in [0.3, 0.4) is 0 Å². The standard InChI is InChI=1S/C28H23ClN6O3S/c1-2-38-27(36)24-18(25-19(29)14-15-39-25)16-30-26(24)31-21-10-6-7-11-22(21)32-28(37)33-23-13-12-20(34-35-23)17-8-4-3-5-9-17/h3-16,30-31H,2H2,1H3,(H2,32,33,35,37). The Morgan fingerprint density at radius 2 is 1.72 bits per heavy atom. The van der Waals surface area contributed by atoms with Gasteiger partial charge in [-0.25, -0.2) is 9.59 Å². The Morgan fingerprint density at radius 1 is 0.949 bits per heavy atom. The van der Waals surface area contributed by atoms with Gasteiger partial charge in [0.05, 0.1) is 33.6 Å². The molecule has 2 amide bonds. The summed E-state index contributed by atoms with van der Waals surface area (Å²) in [5.41, 5.74) is 3.59. The number of ether oxygens (including phenoxy) is 1. The van der Waals surface area contributed by atoms with Gasteiger partial charge in [0.2, 0.25) is 0 Å². The number of hydrogen-bond acceptors (Lipinski definition) is 7. The maximum atomic E-state index is 12.9. The van der Waals surface area contributed by atoms with Gasteiger partial charge in [-0.05, 0) is 42.6 Å². The smallest absolute Gasteiger partial charge is 0.342 e. The molecule has 5 rings (SSSR count). The molecule has 0 aliphatic rings. The monoisotopic (exact) mass is 558 g/mol. The van der Waals surface area contributed by atoms with Crippen LogP contribution in [0.15, 0.2) is 84.4 Å². The van der Waals surface area contributed by atoms with E-state index in [2.05, 4.69) is 31.1 Å². The molecule has 0 atom stereocenters. The maximum absolute atomic E-state index is 12.9. The molecule has 0 fully saturated rings. The Kier molecular flexibility index (Phi) is 7.86. The van der Waals surface area contributed by atoms with Gasteiger partial charge in [0, 0.05) is 17.3 Å². The van der Waals surface area contributed by atoms with Crippen LogP contribution in [0, 0.1) is 0 Å². The highest BCUT2D eigenvalue weighted by molar-refractivity contribution is 7.14. The van der Waals surface area contributed by atoms with Gasteiger partial charge < -0.3 is 20.4 Å². The normalized spacial score (nSPS) is 10.6. The zero-order valence-corrected chi connectivity index (χ0v) is 22.3. The molecule has 0 unspecified atom stereocenters. The van der Waals surface area contributed by atoms with Crippen molar-refractivity contribution in [2.75, 3.05) is 22.6 Å². The molecule has 196 valence electrons. The molecule has 2 aromatic carbocycles. The predicted molar refractivity (Wildman–Crippen MR) is 155 cm³/mol.